The second-order valence-electron chi connectivity index (χ2n) is 3.55. The predicted molar refractivity (Wildman–Crippen MR) is 63.4 cm³/mol. The molecule has 1 unspecified atom stereocenters. The number of carbonyl (C=O) groups excluding carboxylic acids is 2. The molecule has 1 atom stereocenters. The first-order valence-corrected chi connectivity index (χ1v) is 6.16. The largest absolute Gasteiger partial charge is 0.373 e. The molecule has 0 bridgehead atoms. The molecule has 0 aromatic heterocycles. The van der Waals surface area contributed by atoms with Gasteiger partial charge in [0.2, 0.25) is 11.8 Å². The summed E-state index contributed by atoms with van der Waals surface area (Å²) in [5.74, 6) is -0.469. The molecule has 1 heterocycles. The first kappa shape index (κ1) is 11.0. The number of amides is 2. The summed E-state index contributed by atoms with van der Waals surface area (Å²) in [6.07, 6.45) is 2.20. The number of rotatable bonds is 3. The number of carbonyl (C=O) groups is 2. The van der Waals surface area contributed by atoms with Crippen LogP contribution in [-0.2, 0) is 9.59 Å². The van der Waals surface area contributed by atoms with Gasteiger partial charge in [-0.25, -0.2) is 0 Å². The standard InChI is InChI=1S/C11H12N2O2S/c1-16-8-4-2-3-7(5-8)12-9-6-10(14)13-11(9)15/h2-5,9,12H,6H2,1H3,(H,13,14,15). The second-order valence-corrected chi connectivity index (χ2v) is 4.43. The summed E-state index contributed by atoms with van der Waals surface area (Å²) >= 11 is 1.63. The minimum atomic E-state index is -0.440. The van der Waals surface area contributed by atoms with Crippen molar-refractivity contribution in [3.8, 4) is 0 Å². The number of benzene rings is 1. The Morgan fingerprint density at radius 1 is 1.44 bits per heavy atom. The predicted octanol–water partition coefficient (Wildman–Crippen LogP) is 1.24. The lowest BCUT2D eigenvalue weighted by molar-refractivity contribution is -0.124. The van der Waals surface area contributed by atoms with Crippen molar-refractivity contribution in [2.45, 2.75) is 17.4 Å². The molecule has 16 heavy (non-hydrogen) atoms. The third-order valence-electron chi connectivity index (χ3n) is 2.38. The summed E-state index contributed by atoms with van der Waals surface area (Å²) < 4.78 is 0. The molecule has 1 aliphatic rings. The van der Waals surface area contributed by atoms with Gasteiger partial charge in [-0.15, -0.1) is 11.8 Å². The normalized spacial score (nSPS) is 19.7. The molecule has 0 saturated carbocycles. The van der Waals surface area contributed by atoms with E-state index < -0.39 is 6.04 Å². The molecule has 0 radical (unpaired) electrons. The van der Waals surface area contributed by atoms with Crippen LogP contribution in [0.5, 0.6) is 0 Å². The minimum Gasteiger partial charge on any atom is -0.373 e. The zero-order valence-corrected chi connectivity index (χ0v) is 9.64. The number of anilines is 1. The van der Waals surface area contributed by atoms with Gasteiger partial charge in [0.25, 0.3) is 0 Å². The molecule has 4 nitrogen and oxygen atoms in total. The smallest absolute Gasteiger partial charge is 0.249 e. The Balaban J connectivity index is 2.09. The van der Waals surface area contributed by atoms with Crippen LogP contribution in [0.2, 0.25) is 0 Å². The van der Waals surface area contributed by atoms with E-state index in [4.69, 9.17) is 0 Å². The summed E-state index contributed by atoms with van der Waals surface area (Å²) in [6, 6.07) is 7.32. The lowest BCUT2D eigenvalue weighted by Crippen LogP contribution is -2.29. The Kier molecular flexibility index (Phi) is 3.14. The highest BCUT2D eigenvalue weighted by molar-refractivity contribution is 7.98. The SMILES string of the molecule is CSc1cccc(NC2CC(=O)NC2=O)c1. The second kappa shape index (κ2) is 4.57. The van der Waals surface area contributed by atoms with Crippen LogP contribution in [0.1, 0.15) is 6.42 Å². The number of hydrogen-bond acceptors (Lipinski definition) is 4. The quantitative estimate of drug-likeness (QED) is 0.612. The van der Waals surface area contributed by atoms with Gasteiger partial charge in [-0.05, 0) is 24.5 Å². The Labute approximate surface area is 97.8 Å². The summed E-state index contributed by atoms with van der Waals surface area (Å²) in [7, 11) is 0. The van der Waals surface area contributed by atoms with Crippen molar-refractivity contribution in [1.82, 2.24) is 5.32 Å². The molecule has 84 valence electrons. The fourth-order valence-corrected chi connectivity index (χ4v) is 2.04. The maximum absolute atomic E-state index is 11.3. The molecule has 1 aromatic rings. The number of nitrogens with one attached hydrogen (secondary N) is 2. The summed E-state index contributed by atoms with van der Waals surface area (Å²) in [4.78, 5) is 23.5. The van der Waals surface area contributed by atoms with Gasteiger partial charge in [-0.1, -0.05) is 6.07 Å². The van der Waals surface area contributed by atoms with E-state index in [1.54, 1.807) is 11.8 Å². The molecular formula is C11H12N2O2S. The van der Waals surface area contributed by atoms with Crippen molar-refractivity contribution in [2.24, 2.45) is 0 Å². The van der Waals surface area contributed by atoms with Crippen LogP contribution in [0.25, 0.3) is 0 Å². The molecule has 2 rings (SSSR count). The van der Waals surface area contributed by atoms with Crippen molar-refractivity contribution in [3.05, 3.63) is 24.3 Å². The summed E-state index contributed by atoms with van der Waals surface area (Å²) in [5, 5.41) is 5.32. The van der Waals surface area contributed by atoms with Crippen LogP contribution in [0, 0.1) is 0 Å². The maximum Gasteiger partial charge on any atom is 0.249 e. The van der Waals surface area contributed by atoms with E-state index in [9.17, 15) is 9.59 Å². The zero-order chi connectivity index (χ0) is 11.5. The van der Waals surface area contributed by atoms with Gasteiger partial charge in [0.05, 0.1) is 6.42 Å². The maximum atomic E-state index is 11.3. The molecule has 1 saturated heterocycles. The van der Waals surface area contributed by atoms with Crippen LogP contribution >= 0.6 is 11.8 Å². The Morgan fingerprint density at radius 3 is 2.88 bits per heavy atom. The number of hydrogen-bond donors (Lipinski definition) is 2. The van der Waals surface area contributed by atoms with Crippen LogP contribution in [-0.4, -0.2) is 24.1 Å². The lowest BCUT2D eigenvalue weighted by Gasteiger charge is -2.11. The first-order valence-electron chi connectivity index (χ1n) is 4.93. The lowest BCUT2D eigenvalue weighted by atomic mass is 10.2. The highest BCUT2D eigenvalue weighted by Gasteiger charge is 2.30. The molecule has 2 amide bonds. The fraction of sp³-hybridized carbons (Fsp3) is 0.273. The monoisotopic (exact) mass is 236 g/mol. The Hall–Kier alpha value is -1.49. The first-order chi connectivity index (χ1) is 7.69. The van der Waals surface area contributed by atoms with Gasteiger partial charge in [0, 0.05) is 10.6 Å². The fourth-order valence-electron chi connectivity index (χ4n) is 1.58. The van der Waals surface area contributed by atoms with Gasteiger partial charge in [-0.3, -0.25) is 14.9 Å². The van der Waals surface area contributed by atoms with Crippen molar-refractivity contribution >= 4 is 29.3 Å². The number of thioether (sulfide) groups is 1. The summed E-state index contributed by atoms with van der Waals surface area (Å²) in [6.45, 7) is 0. The van der Waals surface area contributed by atoms with Crippen LogP contribution in [0.4, 0.5) is 5.69 Å². The van der Waals surface area contributed by atoms with E-state index in [1.165, 1.54) is 0 Å². The van der Waals surface area contributed by atoms with Gasteiger partial charge >= 0.3 is 0 Å². The molecule has 1 aliphatic heterocycles. The van der Waals surface area contributed by atoms with Gasteiger partial charge < -0.3 is 5.32 Å². The van der Waals surface area contributed by atoms with Gasteiger partial charge in [-0.2, -0.15) is 0 Å². The molecule has 1 aromatic carbocycles. The molecule has 0 aliphatic carbocycles. The topological polar surface area (TPSA) is 58.2 Å². The van der Waals surface area contributed by atoms with E-state index in [1.807, 2.05) is 30.5 Å². The van der Waals surface area contributed by atoms with E-state index >= 15 is 0 Å². The zero-order valence-electron chi connectivity index (χ0n) is 8.82. The molecule has 5 heteroatoms. The molecule has 0 spiro atoms. The van der Waals surface area contributed by atoms with Crippen molar-refractivity contribution in [1.29, 1.82) is 0 Å². The highest BCUT2D eigenvalue weighted by Crippen LogP contribution is 2.20. The summed E-state index contributed by atoms with van der Waals surface area (Å²) in [5.41, 5.74) is 0.863. The van der Waals surface area contributed by atoms with E-state index in [0.717, 1.165) is 10.6 Å². The minimum absolute atomic E-state index is 0.211. The van der Waals surface area contributed by atoms with E-state index in [2.05, 4.69) is 10.6 Å². The average molecular weight is 236 g/mol. The van der Waals surface area contributed by atoms with Gasteiger partial charge in [0.1, 0.15) is 6.04 Å². The Bertz CT molecular complexity index is 434. The van der Waals surface area contributed by atoms with Crippen molar-refractivity contribution in [3.63, 3.8) is 0 Å². The van der Waals surface area contributed by atoms with Crippen LogP contribution in [0.15, 0.2) is 29.2 Å². The van der Waals surface area contributed by atoms with Crippen LogP contribution < -0.4 is 10.6 Å². The van der Waals surface area contributed by atoms with Gasteiger partial charge in [0.15, 0.2) is 0 Å². The third kappa shape index (κ3) is 2.36. The molecule has 2 N–H and O–H groups in total. The van der Waals surface area contributed by atoms with Crippen LogP contribution in [0.3, 0.4) is 0 Å². The van der Waals surface area contributed by atoms with Crippen molar-refractivity contribution in [2.75, 3.05) is 11.6 Å². The third-order valence-corrected chi connectivity index (χ3v) is 3.10. The number of imide groups is 1. The van der Waals surface area contributed by atoms with Crippen molar-refractivity contribution < 1.29 is 9.59 Å². The molecular weight excluding hydrogens is 224 g/mol. The highest BCUT2D eigenvalue weighted by atomic mass is 32.2. The average Bonchev–Trinajstić information content (AvgIpc) is 2.58. The Morgan fingerprint density at radius 2 is 2.25 bits per heavy atom. The van der Waals surface area contributed by atoms with E-state index in [0.29, 0.717) is 0 Å². The molecule has 1 fully saturated rings. The van der Waals surface area contributed by atoms with E-state index in [-0.39, 0.29) is 18.2 Å².